The zero-order valence-electron chi connectivity index (χ0n) is 11.0. The van der Waals surface area contributed by atoms with E-state index < -0.39 is 5.60 Å². The molecule has 2 nitrogen and oxygen atoms in total. The number of nitrogens with one attached hydrogen (secondary N) is 1. The zero-order chi connectivity index (χ0) is 13.0. The lowest BCUT2D eigenvalue weighted by Gasteiger charge is -2.33. The first-order valence-corrected chi connectivity index (χ1v) is 7.18. The van der Waals surface area contributed by atoms with Gasteiger partial charge in [-0.05, 0) is 37.5 Å². The second-order valence-electron chi connectivity index (χ2n) is 5.44. The molecule has 0 aliphatic heterocycles. The van der Waals surface area contributed by atoms with Crippen molar-refractivity contribution >= 4 is 11.6 Å². The van der Waals surface area contributed by atoms with Gasteiger partial charge in [0, 0.05) is 17.6 Å². The van der Waals surface area contributed by atoms with Crippen LogP contribution in [0.15, 0.2) is 24.3 Å². The highest BCUT2D eigenvalue weighted by molar-refractivity contribution is 6.30. The Hall–Kier alpha value is -0.570. The van der Waals surface area contributed by atoms with Gasteiger partial charge in [-0.3, -0.25) is 0 Å². The first-order chi connectivity index (χ1) is 8.59. The highest BCUT2D eigenvalue weighted by Crippen LogP contribution is 2.28. The molecule has 0 saturated heterocycles. The number of hydrogen-bond donors (Lipinski definition) is 2. The molecule has 2 N–H and O–H groups in total. The van der Waals surface area contributed by atoms with Gasteiger partial charge in [0.2, 0.25) is 0 Å². The van der Waals surface area contributed by atoms with Crippen LogP contribution < -0.4 is 5.32 Å². The van der Waals surface area contributed by atoms with Gasteiger partial charge in [-0.25, -0.2) is 0 Å². The van der Waals surface area contributed by atoms with E-state index in [4.69, 9.17) is 11.6 Å². The molecule has 0 radical (unpaired) electrons. The number of halogens is 1. The predicted octanol–water partition coefficient (Wildman–Crippen LogP) is 3.69. The lowest BCUT2D eigenvalue weighted by molar-refractivity contribution is 0.00300. The third-order valence-corrected chi connectivity index (χ3v) is 4.11. The summed E-state index contributed by atoms with van der Waals surface area (Å²) in [7, 11) is 0. The van der Waals surface area contributed by atoms with Crippen LogP contribution in [0, 0.1) is 0 Å². The van der Waals surface area contributed by atoms with Crippen molar-refractivity contribution in [3.63, 3.8) is 0 Å². The third kappa shape index (κ3) is 3.71. The SMILES string of the molecule is C[C@H](NCC1(O)CCCCC1)c1cccc(Cl)c1. The minimum atomic E-state index is -0.509. The van der Waals surface area contributed by atoms with Gasteiger partial charge in [0.05, 0.1) is 5.60 Å². The van der Waals surface area contributed by atoms with Gasteiger partial charge in [0.1, 0.15) is 0 Å². The van der Waals surface area contributed by atoms with E-state index in [2.05, 4.69) is 18.3 Å². The van der Waals surface area contributed by atoms with Gasteiger partial charge >= 0.3 is 0 Å². The fourth-order valence-electron chi connectivity index (χ4n) is 2.62. The van der Waals surface area contributed by atoms with E-state index in [0.717, 1.165) is 30.7 Å². The number of hydrogen-bond acceptors (Lipinski definition) is 2. The molecule has 0 amide bonds. The summed E-state index contributed by atoms with van der Waals surface area (Å²) in [4.78, 5) is 0. The smallest absolute Gasteiger partial charge is 0.0771 e. The van der Waals surface area contributed by atoms with Crippen molar-refractivity contribution < 1.29 is 5.11 Å². The van der Waals surface area contributed by atoms with Crippen molar-refractivity contribution in [2.75, 3.05) is 6.54 Å². The summed E-state index contributed by atoms with van der Waals surface area (Å²) in [5.74, 6) is 0. The summed E-state index contributed by atoms with van der Waals surface area (Å²) in [6.07, 6.45) is 5.38. The summed E-state index contributed by atoms with van der Waals surface area (Å²) in [6.45, 7) is 2.78. The van der Waals surface area contributed by atoms with E-state index in [0.29, 0.717) is 6.54 Å². The zero-order valence-corrected chi connectivity index (χ0v) is 11.7. The van der Waals surface area contributed by atoms with Crippen LogP contribution in [0.2, 0.25) is 5.02 Å². The van der Waals surface area contributed by atoms with Crippen LogP contribution >= 0.6 is 11.6 Å². The molecule has 18 heavy (non-hydrogen) atoms. The molecule has 3 heteroatoms. The quantitative estimate of drug-likeness (QED) is 0.872. The van der Waals surface area contributed by atoms with Crippen LogP contribution in [0.25, 0.3) is 0 Å². The Balaban J connectivity index is 1.89. The Bertz CT molecular complexity index is 388. The van der Waals surface area contributed by atoms with Gasteiger partial charge < -0.3 is 10.4 Å². The number of benzene rings is 1. The first-order valence-electron chi connectivity index (χ1n) is 6.80. The van der Waals surface area contributed by atoms with Crippen molar-refractivity contribution in [1.29, 1.82) is 0 Å². The molecular formula is C15H22ClNO. The maximum atomic E-state index is 10.4. The fraction of sp³-hybridized carbons (Fsp3) is 0.600. The van der Waals surface area contributed by atoms with Crippen LogP contribution in [0.1, 0.15) is 50.6 Å². The minimum absolute atomic E-state index is 0.217. The van der Waals surface area contributed by atoms with Gasteiger partial charge in [-0.15, -0.1) is 0 Å². The van der Waals surface area contributed by atoms with Crippen molar-refractivity contribution in [2.24, 2.45) is 0 Å². The average molecular weight is 268 g/mol. The van der Waals surface area contributed by atoms with Crippen molar-refractivity contribution in [2.45, 2.75) is 50.7 Å². The topological polar surface area (TPSA) is 32.3 Å². The molecular weight excluding hydrogens is 246 g/mol. The molecule has 0 aromatic heterocycles. The van der Waals surface area contributed by atoms with E-state index in [1.165, 1.54) is 12.0 Å². The Labute approximate surface area is 114 Å². The summed E-state index contributed by atoms with van der Waals surface area (Å²) >= 11 is 5.99. The summed E-state index contributed by atoms with van der Waals surface area (Å²) in [5, 5.41) is 14.6. The maximum Gasteiger partial charge on any atom is 0.0771 e. The molecule has 1 aromatic rings. The highest BCUT2D eigenvalue weighted by Gasteiger charge is 2.29. The van der Waals surface area contributed by atoms with E-state index >= 15 is 0 Å². The van der Waals surface area contributed by atoms with Crippen molar-refractivity contribution in [3.8, 4) is 0 Å². The van der Waals surface area contributed by atoms with Crippen LogP contribution in [0.5, 0.6) is 0 Å². The lowest BCUT2D eigenvalue weighted by Crippen LogP contribution is -2.42. The fourth-order valence-corrected chi connectivity index (χ4v) is 2.82. The molecule has 1 fully saturated rings. The van der Waals surface area contributed by atoms with Gasteiger partial charge in [0.25, 0.3) is 0 Å². The molecule has 1 aromatic carbocycles. The minimum Gasteiger partial charge on any atom is -0.389 e. The van der Waals surface area contributed by atoms with Gasteiger partial charge in [-0.1, -0.05) is 43.0 Å². The number of rotatable bonds is 4. The van der Waals surface area contributed by atoms with E-state index in [1.54, 1.807) is 0 Å². The molecule has 0 heterocycles. The normalized spacial score (nSPS) is 20.6. The average Bonchev–Trinajstić information content (AvgIpc) is 2.37. The Kier molecular flexibility index (Phi) is 4.66. The van der Waals surface area contributed by atoms with Crippen LogP contribution in [0.4, 0.5) is 0 Å². The predicted molar refractivity (Wildman–Crippen MR) is 75.9 cm³/mol. The monoisotopic (exact) mass is 267 g/mol. The Morgan fingerprint density at radius 3 is 2.72 bits per heavy atom. The van der Waals surface area contributed by atoms with Gasteiger partial charge in [-0.2, -0.15) is 0 Å². The molecule has 0 unspecified atom stereocenters. The molecule has 0 bridgehead atoms. The maximum absolute atomic E-state index is 10.4. The third-order valence-electron chi connectivity index (χ3n) is 3.87. The standard InChI is InChI=1S/C15H22ClNO/c1-12(13-6-5-7-14(16)10-13)17-11-15(18)8-3-2-4-9-15/h5-7,10,12,17-18H,2-4,8-9,11H2,1H3/t12-/m0/s1. The van der Waals surface area contributed by atoms with E-state index in [9.17, 15) is 5.11 Å². The molecule has 1 aliphatic rings. The van der Waals surface area contributed by atoms with Crippen molar-refractivity contribution in [3.05, 3.63) is 34.9 Å². The molecule has 2 rings (SSSR count). The lowest BCUT2D eigenvalue weighted by atomic mass is 9.84. The largest absolute Gasteiger partial charge is 0.389 e. The Morgan fingerprint density at radius 1 is 1.33 bits per heavy atom. The molecule has 1 saturated carbocycles. The number of aliphatic hydroxyl groups is 1. The van der Waals surface area contributed by atoms with Crippen LogP contribution in [0.3, 0.4) is 0 Å². The Morgan fingerprint density at radius 2 is 2.06 bits per heavy atom. The van der Waals surface area contributed by atoms with Crippen LogP contribution in [-0.2, 0) is 0 Å². The van der Waals surface area contributed by atoms with Crippen molar-refractivity contribution in [1.82, 2.24) is 5.32 Å². The summed E-state index contributed by atoms with van der Waals surface area (Å²) < 4.78 is 0. The molecule has 0 spiro atoms. The van der Waals surface area contributed by atoms with E-state index in [-0.39, 0.29) is 6.04 Å². The van der Waals surface area contributed by atoms with Gasteiger partial charge in [0.15, 0.2) is 0 Å². The first kappa shape index (κ1) is 13.9. The molecule has 100 valence electrons. The summed E-state index contributed by atoms with van der Waals surface area (Å²) in [6, 6.07) is 8.10. The summed E-state index contributed by atoms with van der Waals surface area (Å²) in [5.41, 5.74) is 0.660. The molecule has 1 aliphatic carbocycles. The van der Waals surface area contributed by atoms with E-state index in [1.807, 2.05) is 18.2 Å². The van der Waals surface area contributed by atoms with Crippen LogP contribution in [-0.4, -0.2) is 17.3 Å². The highest BCUT2D eigenvalue weighted by atomic mass is 35.5. The second-order valence-corrected chi connectivity index (χ2v) is 5.88. The second kappa shape index (κ2) is 6.05. The molecule has 1 atom stereocenters.